The Kier molecular flexibility index (Phi) is 6.87. The topological polar surface area (TPSA) is 84.0 Å². The highest BCUT2D eigenvalue weighted by molar-refractivity contribution is 6.11. The van der Waals surface area contributed by atoms with Gasteiger partial charge < -0.3 is 14.5 Å². The quantitative estimate of drug-likeness (QED) is 0.412. The Hall–Kier alpha value is -3.71. The van der Waals surface area contributed by atoms with Crippen LogP contribution >= 0.6 is 0 Å². The number of nitrogens with zero attached hydrogens (tertiary/aromatic N) is 2. The number of fused-ring (bicyclic) bond motifs is 1. The van der Waals surface area contributed by atoms with E-state index in [1.807, 2.05) is 37.4 Å². The number of cyclic esters (lactones) is 1. The molecule has 4 heterocycles. The smallest absolute Gasteiger partial charge is 0.337 e. The molecule has 6 rings (SSSR count). The molecule has 208 valence electrons. The van der Waals surface area contributed by atoms with E-state index in [2.05, 4.69) is 49.8 Å². The van der Waals surface area contributed by atoms with Gasteiger partial charge in [-0.15, -0.1) is 0 Å². The van der Waals surface area contributed by atoms with Gasteiger partial charge in [0.15, 0.2) is 0 Å². The second-order valence-electron chi connectivity index (χ2n) is 11.4. The van der Waals surface area contributed by atoms with Crippen molar-refractivity contribution >= 4 is 28.6 Å². The van der Waals surface area contributed by atoms with Crippen LogP contribution in [0.3, 0.4) is 0 Å². The molecule has 2 aromatic carbocycles. The predicted molar refractivity (Wildman–Crippen MR) is 155 cm³/mol. The number of ether oxygens (including phenoxy) is 2. The van der Waals surface area contributed by atoms with E-state index >= 15 is 0 Å². The van der Waals surface area contributed by atoms with Gasteiger partial charge in [-0.3, -0.25) is 14.7 Å². The number of hydrogen-bond donors (Lipinski definition) is 1. The number of carbonyl (C=O) groups is 2. The number of aliphatic imine (C=N–C) groups is 1. The maximum Gasteiger partial charge on any atom is 0.337 e. The highest BCUT2D eigenvalue weighted by Gasteiger charge is 2.50. The third-order valence-electron chi connectivity index (χ3n) is 8.81. The fourth-order valence-corrected chi connectivity index (χ4v) is 7.24. The zero-order valence-corrected chi connectivity index (χ0v) is 23.9. The molecule has 4 atom stereocenters. The van der Waals surface area contributed by atoms with Crippen molar-refractivity contribution in [2.45, 2.75) is 65.0 Å². The molecular formula is C33H37N3O4. The van der Waals surface area contributed by atoms with Gasteiger partial charge >= 0.3 is 11.9 Å². The summed E-state index contributed by atoms with van der Waals surface area (Å²) in [5.74, 6) is -2.01. The number of benzene rings is 2. The Morgan fingerprint density at radius 2 is 1.95 bits per heavy atom. The fourth-order valence-electron chi connectivity index (χ4n) is 7.24. The molecular weight excluding hydrogens is 502 g/mol. The first-order valence-electron chi connectivity index (χ1n) is 14.3. The van der Waals surface area contributed by atoms with E-state index in [1.54, 1.807) is 0 Å². The highest BCUT2D eigenvalue weighted by Crippen LogP contribution is 2.49. The summed E-state index contributed by atoms with van der Waals surface area (Å²) in [5, 5.41) is 0.981. The lowest BCUT2D eigenvalue weighted by Gasteiger charge is -2.39. The van der Waals surface area contributed by atoms with Crippen LogP contribution < -0.4 is 0 Å². The van der Waals surface area contributed by atoms with Gasteiger partial charge in [-0.2, -0.15) is 0 Å². The molecule has 0 amide bonds. The Morgan fingerprint density at radius 3 is 2.65 bits per heavy atom. The summed E-state index contributed by atoms with van der Waals surface area (Å²) < 4.78 is 11.9. The van der Waals surface area contributed by atoms with Crippen LogP contribution in [0.15, 0.2) is 58.9 Å². The third kappa shape index (κ3) is 4.37. The van der Waals surface area contributed by atoms with Gasteiger partial charge in [-0.05, 0) is 88.5 Å². The molecule has 0 spiro atoms. The first-order valence-corrected chi connectivity index (χ1v) is 14.3. The maximum atomic E-state index is 14.1. The average molecular weight is 540 g/mol. The van der Waals surface area contributed by atoms with Crippen LogP contribution in [-0.2, 0) is 19.1 Å². The SMILES string of the molecule is CCOC(=O)C1C(C2CCCN2C)=NC2=C(C(=O)O[C@H](c3c(C)cc(C)cc3C)C2)C1c1cccc2[nH]ccc12. The van der Waals surface area contributed by atoms with Gasteiger partial charge in [0.2, 0.25) is 0 Å². The summed E-state index contributed by atoms with van der Waals surface area (Å²) in [5.41, 5.74) is 8.31. The number of aromatic nitrogens is 1. The van der Waals surface area contributed by atoms with Crippen molar-refractivity contribution in [1.29, 1.82) is 0 Å². The summed E-state index contributed by atoms with van der Waals surface area (Å²) in [6.45, 7) is 9.24. The zero-order chi connectivity index (χ0) is 28.1. The molecule has 7 nitrogen and oxygen atoms in total. The van der Waals surface area contributed by atoms with Crippen LogP contribution in [0.2, 0.25) is 0 Å². The summed E-state index contributed by atoms with van der Waals surface area (Å²) in [4.78, 5) is 38.6. The molecule has 1 N–H and O–H groups in total. The summed E-state index contributed by atoms with van der Waals surface area (Å²) in [7, 11) is 2.09. The predicted octanol–water partition coefficient (Wildman–Crippen LogP) is 5.85. The van der Waals surface area contributed by atoms with E-state index in [4.69, 9.17) is 14.5 Å². The van der Waals surface area contributed by atoms with Gasteiger partial charge in [0.1, 0.15) is 12.0 Å². The number of nitrogens with one attached hydrogen (secondary N) is 1. The molecule has 0 bridgehead atoms. The molecule has 3 aliphatic heterocycles. The van der Waals surface area contributed by atoms with Crippen LogP contribution in [0.4, 0.5) is 0 Å². The van der Waals surface area contributed by atoms with E-state index in [9.17, 15) is 9.59 Å². The van der Waals surface area contributed by atoms with Gasteiger partial charge in [-0.1, -0.05) is 29.8 Å². The molecule has 3 unspecified atom stereocenters. The monoisotopic (exact) mass is 539 g/mol. The summed E-state index contributed by atoms with van der Waals surface area (Å²) in [6.07, 6.45) is 3.89. The Balaban J connectivity index is 1.56. The second kappa shape index (κ2) is 10.4. The lowest BCUT2D eigenvalue weighted by Crippen LogP contribution is -2.47. The fraction of sp³-hybridized carbons (Fsp3) is 0.424. The minimum atomic E-state index is -0.711. The summed E-state index contributed by atoms with van der Waals surface area (Å²) >= 11 is 0. The molecule has 7 heteroatoms. The third-order valence-corrected chi connectivity index (χ3v) is 8.81. The molecule has 3 aromatic rings. The van der Waals surface area contributed by atoms with E-state index in [-0.39, 0.29) is 18.6 Å². The number of rotatable bonds is 5. The molecule has 3 aliphatic rings. The van der Waals surface area contributed by atoms with Crippen LogP contribution in [0, 0.1) is 26.7 Å². The van der Waals surface area contributed by atoms with Gasteiger partial charge in [0.25, 0.3) is 0 Å². The van der Waals surface area contributed by atoms with Crippen molar-refractivity contribution in [3.63, 3.8) is 0 Å². The number of H-pyrrole nitrogens is 1. The van der Waals surface area contributed by atoms with Gasteiger partial charge in [0, 0.05) is 35.5 Å². The Labute approximate surface area is 235 Å². The van der Waals surface area contributed by atoms with E-state index in [0.717, 1.165) is 64.0 Å². The Bertz CT molecular complexity index is 1540. The van der Waals surface area contributed by atoms with Crippen molar-refractivity contribution in [1.82, 2.24) is 9.88 Å². The number of likely N-dealkylation sites (tertiary alicyclic amines) is 1. The van der Waals surface area contributed by atoms with E-state index < -0.39 is 23.9 Å². The highest BCUT2D eigenvalue weighted by atomic mass is 16.5. The van der Waals surface area contributed by atoms with Crippen LogP contribution in [0.1, 0.15) is 66.0 Å². The molecule has 1 aromatic heterocycles. The standard InChI is InChI=1S/C33H37N3O4/c1-6-39-32(37)30-28(22-9-7-10-23-21(22)12-13-34-23)29-24(35-31(30)25-11-8-14-36(25)5)17-26(40-33(29)38)27-19(3)15-18(2)16-20(27)4/h7,9-10,12-13,15-16,25-26,28,30,34H,6,8,11,14,17H2,1-5H3/t25?,26-,28?,30?/m0/s1. The van der Waals surface area contributed by atoms with Crippen LogP contribution in [-0.4, -0.2) is 53.8 Å². The van der Waals surface area contributed by atoms with Crippen molar-refractivity contribution in [2.24, 2.45) is 10.9 Å². The van der Waals surface area contributed by atoms with Crippen molar-refractivity contribution < 1.29 is 19.1 Å². The number of esters is 2. The van der Waals surface area contributed by atoms with Crippen molar-refractivity contribution in [2.75, 3.05) is 20.2 Å². The number of aromatic amines is 1. The lowest BCUT2D eigenvalue weighted by atomic mass is 9.71. The normalized spacial score (nSPS) is 25.1. The number of carbonyl (C=O) groups excluding carboxylic acids is 2. The molecule has 40 heavy (non-hydrogen) atoms. The zero-order valence-electron chi connectivity index (χ0n) is 23.9. The summed E-state index contributed by atoms with van der Waals surface area (Å²) in [6, 6.07) is 12.3. The first kappa shape index (κ1) is 26.5. The first-order chi connectivity index (χ1) is 19.3. The molecule has 1 saturated heterocycles. The number of hydrogen-bond acceptors (Lipinski definition) is 6. The van der Waals surface area contributed by atoms with Crippen LogP contribution in [0.5, 0.6) is 0 Å². The van der Waals surface area contributed by atoms with Gasteiger partial charge in [-0.25, -0.2) is 4.79 Å². The largest absolute Gasteiger partial charge is 0.465 e. The molecule has 0 aliphatic carbocycles. The molecule has 1 fully saturated rings. The minimum Gasteiger partial charge on any atom is -0.465 e. The van der Waals surface area contributed by atoms with E-state index in [0.29, 0.717) is 12.0 Å². The lowest BCUT2D eigenvalue weighted by molar-refractivity contribution is -0.148. The second-order valence-corrected chi connectivity index (χ2v) is 11.4. The van der Waals surface area contributed by atoms with Gasteiger partial charge in [0.05, 0.1) is 23.6 Å². The average Bonchev–Trinajstić information content (AvgIpc) is 3.56. The van der Waals surface area contributed by atoms with E-state index in [1.165, 1.54) is 5.56 Å². The maximum absolute atomic E-state index is 14.1. The van der Waals surface area contributed by atoms with Crippen molar-refractivity contribution in [3.8, 4) is 0 Å². The van der Waals surface area contributed by atoms with Crippen LogP contribution in [0.25, 0.3) is 10.9 Å². The Morgan fingerprint density at radius 1 is 1.18 bits per heavy atom. The minimum absolute atomic E-state index is 0.00984. The molecule has 0 radical (unpaired) electrons. The number of aryl methyl sites for hydroxylation is 3. The molecule has 0 saturated carbocycles. The van der Waals surface area contributed by atoms with Crippen molar-refractivity contribution in [3.05, 3.63) is 81.7 Å².